The number of halogens is 1. The number of benzene rings is 1. The van der Waals surface area contributed by atoms with Crippen LogP contribution in [0, 0.1) is 24.2 Å². The van der Waals surface area contributed by atoms with Gasteiger partial charge in [-0.15, -0.1) is 0 Å². The van der Waals surface area contributed by atoms with E-state index in [1.54, 1.807) is 36.2 Å². The topological polar surface area (TPSA) is 64.8 Å². The molecule has 0 aliphatic rings. The third-order valence-corrected chi connectivity index (χ3v) is 2.71. The highest BCUT2D eigenvalue weighted by molar-refractivity contribution is 5.62. The van der Waals surface area contributed by atoms with Crippen molar-refractivity contribution in [2.24, 2.45) is 0 Å². The van der Waals surface area contributed by atoms with Crippen LogP contribution < -0.4 is 10.2 Å². The summed E-state index contributed by atoms with van der Waals surface area (Å²) in [6, 6.07) is 6.45. The van der Waals surface area contributed by atoms with Gasteiger partial charge in [0.15, 0.2) is 6.19 Å². The van der Waals surface area contributed by atoms with Crippen LogP contribution >= 0.6 is 0 Å². The van der Waals surface area contributed by atoms with Gasteiger partial charge in [-0.2, -0.15) is 5.26 Å². The molecule has 2 aromatic rings. The first-order chi connectivity index (χ1) is 9.11. The molecule has 0 spiro atoms. The zero-order valence-electron chi connectivity index (χ0n) is 10.6. The molecule has 0 radical (unpaired) electrons. The Kier molecular flexibility index (Phi) is 3.57. The van der Waals surface area contributed by atoms with E-state index in [0.717, 1.165) is 5.69 Å². The van der Waals surface area contributed by atoms with Crippen LogP contribution in [0.1, 0.15) is 5.56 Å². The van der Waals surface area contributed by atoms with Crippen molar-refractivity contribution < 1.29 is 4.39 Å². The second-order valence-electron chi connectivity index (χ2n) is 3.99. The van der Waals surface area contributed by atoms with E-state index in [1.807, 2.05) is 7.05 Å². The Bertz CT molecular complexity index is 635. The summed E-state index contributed by atoms with van der Waals surface area (Å²) in [6.45, 7) is 1.70. The standard InChI is InChI=1S/C13H12FN5/c1-9-5-10(3-4-11(9)14)19(2)13-6-12(16-7-15)17-8-18-13/h3-6,8H,1-2H3,(H,16,17,18). The number of rotatable bonds is 3. The van der Waals surface area contributed by atoms with Crippen LogP contribution in [0.2, 0.25) is 0 Å². The minimum Gasteiger partial charge on any atom is -0.329 e. The Morgan fingerprint density at radius 1 is 1.32 bits per heavy atom. The summed E-state index contributed by atoms with van der Waals surface area (Å²) in [6.07, 6.45) is 3.16. The average Bonchev–Trinajstić information content (AvgIpc) is 2.42. The molecule has 1 aromatic heterocycles. The number of nitriles is 1. The lowest BCUT2D eigenvalue weighted by atomic mass is 10.2. The molecule has 0 fully saturated rings. The monoisotopic (exact) mass is 257 g/mol. The van der Waals surface area contributed by atoms with E-state index in [9.17, 15) is 4.39 Å². The number of aryl methyl sites for hydroxylation is 1. The summed E-state index contributed by atoms with van der Waals surface area (Å²) in [5.41, 5.74) is 1.37. The maximum atomic E-state index is 13.2. The summed E-state index contributed by atoms with van der Waals surface area (Å²) in [4.78, 5) is 9.82. The van der Waals surface area contributed by atoms with Crippen molar-refractivity contribution in [2.75, 3.05) is 17.3 Å². The second kappa shape index (κ2) is 5.31. The fourth-order valence-corrected chi connectivity index (χ4v) is 1.63. The molecule has 2 rings (SSSR count). The molecule has 0 unspecified atom stereocenters. The predicted molar refractivity (Wildman–Crippen MR) is 70.5 cm³/mol. The predicted octanol–water partition coefficient (Wildman–Crippen LogP) is 2.58. The SMILES string of the molecule is Cc1cc(N(C)c2cc(NC#N)ncn2)ccc1F. The van der Waals surface area contributed by atoms with E-state index in [1.165, 1.54) is 12.4 Å². The number of hydrogen-bond acceptors (Lipinski definition) is 5. The second-order valence-corrected chi connectivity index (χ2v) is 3.99. The van der Waals surface area contributed by atoms with E-state index in [0.29, 0.717) is 17.2 Å². The van der Waals surface area contributed by atoms with Crippen LogP contribution in [0.15, 0.2) is 30.6 Å². The van der Waals surface area contributed by atoms with Crippen LogP contribution in [0.5, 0.6) is 0 Å². The van der Waals surface area contributed by atoms with Crippen molar-refractivity contribution in [3.8, 4) is 6.19 Å². The van der Waals surface area contributed by atoms with Crippen LogP contribution in [-0.4, -0.2) is 17.0 Å². The molecule has 0 aliphatic carbocycles. The van der Waals surface area contributed by atoms with Crippen molar-refractivity contribution in [2.45, 2.75) is 6.92 Å². The van der Waals surface area contributed by atoms with Gasteiger partial charge in [0.25, 0.3) is 0 Å². The van der Waals surface area contributed by atoms with Gasteiger partial charge in [-0.3, -0.25) is 5.32 Å². The summed E-state index contributed by atoms with van der Waals surface area (Å²) >= 11 is 0. The molecule has 0 aliphatic heterocycles. The molecular weight excluding hydrogens is 245 g/mol. The van der Waals surface area contributed by atoms with Crippen LogP contribution in [0.4, 0.5) is 21.7 Å². The molecule has 0 atom stereocenters. The fraction of sp³-hybridized carbons (Fsp3) is 0.154. The molecule has 0 saturated carbocycles. The van der Waals surface area contributed by atoms with E-state index >= 15 is 0 Å². The maximum absolute atomic E-state index is 13.2. The van der Waals surface area contributed by atoms with Crippen LogP contribution in [0.3, 0.4) is 0 Å². The van der Waals surface area contributed by atoms with Gasteiger partial charge in [0.2, 0.25) is 0 Å². The average molecular weight is 257 g/mol. The molecular formula is C13H12FN5. The molecule has 0 saturated heterocycles. The van der Waals surface area contributed by atoms with Crippen LogP contribution in [-0.2, 0) is 0 Å². The van der Waals surface area contributed by atoms with Crippen molar-refractivity contribution >= 4 is 17.3 Å². The van der Waals surface area contributed by atoms with E-state index < -0.39 is 0 Å². The Balaban J connectivity index is 2.33. The highest BCUT2D eigenvalue weighted by Crippen LogP contribution is 2.24. The third kappa shape index (κ3) is 2.77. The van der Waals surface area contributed by atoms with E-state index in [2.05, 4.69) is 15.3 Å². The molecule has 19 heavy (non-hydrogen) atoms. The molecule has 5 nitrogen and oxygen atoms in total. The Morgan fingerprint density at radius 3 is 2.79 bits per heavy atom. The van der Waals surface area contributed by atoms with Gasteiger partial charge in [-0.1, -0.05) is 0 Å². The molecule has 6 heteroatoms. The number of anilines is 3. The summed E-state index contributed by atoms with van der Waals surface area (Å²) in [5, 5.41) is 11.0. The van der Waals surface area contributed by atoms with Crippen molar-refractivity contribution in [3.05, 3.63) is 42.0 Å². The molecule has 1 heterocycles. The first-order valence-electron chi connectivity index (χ1n) is 5.59. The first-order valence-corrected chi connectivity index (χ1v) is 5.59. The normalized spacial score (nSPS) is 9.79. The molecule has 1 aromatic carbocycles. The van der Waals surface area contributed by atoms with Crippen molar-refractivity contribution in [3.63, 3.8) is 0 Å². The Labute approximate surface area is 110 Å². The number of aromatic nitrogens is 2. The van der Waals surface area contributed by atoms with Gasteiger partial charge in [0, 0.05) is 18.8 Å². The minimum absolute atomic E-state index is 0.244. The number of hydrogen-bond donors (Lipinski definition) is 1. The highest BCUT2D eigenvalue weighted by atomic mass is 19.1. The highest BCUT2D eigenvalue weighted by Gasteiger charge is 2.08. The smallest absolute Gasteiger partial charge is 0.182 e. The van der Waals surface area contributed by atoms with Gasteiger partial charge in [-0.05, 0) is 30.7 Å². The maximum Gasteiger partial charge on any atom is 0.182 e. The van der Waals surface area contributed by atoms with Gasteiger partial charge < -0.3 is 4.90 Å². The summed E-state index contributed by atoms with van der Waals surface area (Å²) < 4.78 is 13.2. The van der Waals surface area contributed by atoms with E-state index in [4.69, 9.17) is 5.26 Å². The van der Waals surface area contributed by atoms with E-state index in [-0.39, 0.29) is 5.82 Å². The molecule has 96 valence electrons. The zero-order valence-corrected chi connectivity index (χ0v) is 10.6. The largest absolute Gasteiger partial charge is 0.329 e. The molecule has 0 bridgehead atoms. The first kappa shape index (κ1) is 12.8. The fourth-order valence-electron chi connectivity index (χ4n) is 1.63. The molecule has 0 amide bonds. The van der Waals surface area contributed by atoms with Crippen molar-refractivity contribution in [1.29, 1.82) is 5.26 Å². The lowest BCUT2D eigenvalue weighted by Crippen LogP contribution is -2.12. The third-order valence-electron chi connectivity index (χ3n) is 2.71. The van der Waals surface area contributed by atoms with Crippen molar-refractivity contribution in [1.82, 2.24) is 9.97 Å². The minimum atomic E-state index is -0.244. The quantitative estimate of drug-likeness (QED) is 0.676. The van der Waals surface area contributed by atoms with Gasteiger partial charge in [0.05, 0.1) is 0 Å². The lowest BCUT2D eigenvalue weighted by molar-refractivity contribution is 0.618. The molecule has 1 N–H and O–H groups in total. The lowest BCUT2D eigenvalue weighted by Gasteiger charge is -2.19. The van der Waals surface area contributed by atoms with Gasteiger partial charge in [0.1, 0.15) is 23.8 Å². The van der Waals surface area contributed by atoms with Crippen LogP contribution in [0.25, 0.3) is 0 Å². The summed E-state index contributed by atoms with van der Waals surface area (Å²) in [7, 11) is 1.81. The Hall–Kier alpha value is -2.68. The Morgan fingerprint density at radius 2 is 2.11 bits per heavy atom. The van der Waals surface area contributed by atoms with Gasteiger partial charge in [-0.25, -0.2) is 14.4 Å². The number of nitrogens with zero attached hydrogens (tertiary/aromatic N) is 4. The van der Waals surface area contributed by atoms with Gasteiger partial charge >= 0.3 is 0 Å². The number of nitrogens with one attached hydrogen (secondary N) is 1. The zero-order chi connectivity index (χ0) is 13.8. The summed E-state index contributed by atoms with van der Waals surface area (Å²) in [5.74, 6) is 0.781.